The monoisotopic (exact) mass is 211 g/mol. The van der Waals surface area contributed by atoms with Crippen molar-refractivity contribution in [2.24, 2.45) is 0 Å². The minimum Gasteiger partial charge on any atom is -0.312 e. The lowest BCUT2D eigenvalue weighted by Crippen LogP contribution is -2.17. The van der Waals surface area contributed by atoms with Gasteiger partial charge in [-0.15, -0.1) is 0 Å². The summed E-state index contributed by atoms with van der Waals surface area (Å²) < 4.78 is 0. The van der Waals surface area contributed by atoms with Crippen LogP contribution in [0.3, 0.4) is 0 Å². The first-order valence-corrected chi connectivity index (χ1v) is 4.39. The number of nitrogens with one attached hydrogen (secondary N) is 1. The van der Waals surface area contributed by atoms with E-state index in [0.29, 0.717) is 0 Å². The van der Waals surface area contributed by atoms with Crippen LogP contribution in [0.5, 0.6) is 0 Å². The lowest BCUT2D eigenvalue weighted by Gasteiger charge is -1.99. The van der Waals surface area contributed by atoms with Gasteiger partial charge < -0.3 is 5.32 Å². The fraction of sp³-hybridized carbons (Fsp3) is 0.667. The van der Waals surface area contributed by atoms with Gasteiger partial charge >= 0.3 is 0 Å². The van der Waals surface area contributed by atoms with Crippen molar-refractivity contribution in [3.63, 3.8) is 0 Å². The lowest BCUT2D eigenvalue weighted by molar-refractivity contribution is 0.785. The Bertz CT molecular complexity index is 93.1. The Morgan fingerprint density at radius 1 is 1.78 bits per heavy atom. The summed E-state index contributed by atoms with van der Waals surface area (Å²) in [4.78, 5) is 0. The maximum atomic E-state index is 5.42. The number of alkyl halides is 1. The van der Waals surface area contributed by atoms with E-state index >= 15 is 0 Å². The summed E-state index contributed by atoms with van der Waals surface area (Å²) in [6.45, 7) is 3.87. The molecule has 0 heterocycles. The van der Waals surface area contributed by atoms with Gasteiger partial charge in [0.2, 0.25) is 0 Å². The van der Waals surface area contributed by atoms with E-state index in [0.717, 1.165) is 24.0 Å². The van der Waals surface area contributed by atoms with Gasteiger partial charge in [-0.3, -0.25) is 0 Å². The molecular weight excluding hydrogens is 201 g/mol. The third kappa shape index (κ3) is 6.35. The molecule has 0 spiro atoms. The van der Waals surface area contributed by atoms with Gasteiger partial charge in [0.25, 0.3) is 0 Å². The van der Waals surface area contributed by atoms with Gasteiger partial charge in [-0.2, -0.15) is 0 Å². The van der Waals surface area contributed by atoms with Crippen molar-refractivity contribution in [1.29, 1.82) is 0 Å². The molecule has 0 aliphatic carbocycles. The molecule has 0 saturated carbocycles. The highest BCUT2D eigenvalue weighted by Gasteiger charge is 1.85. The van der Waals surface area contributed by atoms with Crippen LogP contribution in [0.25, 0.3) is 0 Å². The molecular formula is C6H11BrClN. The van der Waals surface area contributed by atoms with Gasteiger partial charge in [0.1, 0.15) is 0 Å². The average molecular weight is 213 g/mol. The zero-order chi connectivity index (χ0) is 7.11. The number of hydrogen-bond acceptors (Lipinski definition) is 1. The summed E-state index contributed by atoms with van der Waals surface area (Å²) in [5.74, 6) is 0. The summed E-state index contributed by atoms with van der Waals surface area (Å²) in [5.41, 5.74) is 2.76. The first-order valence-electron chi connectivity index (χ1n) is 2.83. The van der Waals surface area contributed by atoms with Crippen LogP contribution in [0, 0.1) is 0 Å². The van der Waals surface area contributed by atoms with Crippen LogP contribution >= 0.6 is 27.5 Å². The summed E-state index contributed by atoms with van der Waals surface area (Å²) in [7, 11) is 0. The normalized spacial score (nSPS) is 12.1. The number of rotatable bonds is 4. The summed E-state index contributed by atoms with van der Waals surface area (Å²) in [6.07, 6.45) is 0. The molecule has 0 amide bonds. The zero-order valence-electron chi connectivity index (χ0n) is 5.45. The molecule has 0 aromatic carbocycles. The molecule has 0 aromatic rings. The molecule has 54 valence electrons. The van der Waals surface area contributed by atoms with Crippen molar-refractivity contribution in [3.05, 3.63) is 11.1 Å². The van der Waals surface area contributed by atoms with Crippen molar-refractivity contribution >= 4 is 27.5 Å². The standard InChI is InChI=1S/C6H11BrClN/c1-6(4-8)5-9-3-2-7/h4,9H,2-3,5H2,1H3. The van der Waals surface area contributed by atoms with Crippen molar-refractivity contribution in [2.45, 2.75) is 6.92 Å². The quantitative estimate of drug-likeness (QED) is 0.556. The largest absolute Gasteiger partial charge is 0.312 e. The molecule has 0 aliphatic heterocycles. The third-order valence-corrected chi connectivity index (χ3v) is 1.63. The van der Waals surface area contributed by atoms with Crippen LogP contribution in [-0.2, 0) is 0 Å². The molecule has 9 heavy (non-hydrogen) atoms. The first kappa shape index (κ1) is 9.47. The van der Waals surface area contributed by atoms with Crippen LogP contribution in [-0.4, -0.2) is 18.4 Å². The van der Waals surface area contributed by atoms with Gasteiger partial charge in [-0.1, -0.05) is 27.5 Å². The smallest absolute Gasteiger partial charge is 0.0173 e. The van der Waals surface area contributed by atoms with Gasteiger partial charge in [0.05, 0.1) is 0 Å². The second kappa shape index (κ2) is 6.59. The molecule has 3 heteroatoms. The molecule has 0 fully saturated rings. The Labute approximate surface area is 69.6 Å². The lowest BCUT2D eigenvalue weighted by atomic mass is 10.3. The Kier molecular flexibility index (Phi) is 6.93. The zero-order valence-corrected chi connectivity index (χ0v) is 7.80. The van der Waals surface area contributed by atoms with E-state index in [1.165, 1.54) is 0 Å². The Morgan fingerprint density at radius 3 is 2.89 bits per heavy atom. The van der Waals surface area contributed by atoms with Crippen molar-refractivity contribution in [1.82, 2.24) is 5.32 Å². The Hall–Kier alpha value is 0.470. The number of halogens is 2. The maximum absolute atomic E-state index is 5.42. The molecule has 0 saturated heterocycles. The van der Waals surface area contributed by atoms with E-state index in [9.17, 15) is 0 Å². The van der Waals surface area contributed by atoms with E-state index in [1.807, 2.05) is 6.92 Å². The van der Waals surface area contributed by atoms with E-state index in [4.69, 9.17) is 11.6 Å². The van der Waals surface area contributed by atoms with Gasteiger partial charge in [0, 0.05) is 24.0 Å². The van der Waals surface area contributed by atoms with Crippen molar-refractivity contribution in [3.8, 4) is 0 Å². The Balaban J connectivity index is 3.07. The van der Waals surface area contributed by atoms with Crippen molar-refractivity contribution < 1.29 is 0 Å². The van der Waals surface area contributed by atoms with Crippen LogP contribution in [0.15, 0.2) is 11.1 Å². The van der Waals surface area contributed by atoms with Crippen LogP contribution < -0.4 is 5.32 Å². The van der Waals surface area contributed by atoms with Gasteiger partial charge in [-0.05, 0) is 12.5 Å². The molecule has 0 rings (SSSR count). The number of hydrogen-bond donors (Lipinski definition) is 1. The molecule has 0 radical (unpaired) electrons. The van der Waals surface area contributed by atoms with Crippen LogP contribution in [0.4, 0.5) is 0 Å². The van der Waals surface area contributed by atoms with Crippen LogP contribution in [0.1, 0.15) is 6.92 Å². The highest BCUT2D eigenvalue weighted by atomic mass is 79.9. The van der Waals surface area contributed by atoms with E-state index in [2.05, 4.69) is 21.2 Å². The predicted molar refractivity (Wildman–Crippen MR) is 46.3 cm³/mol. The average Bonchev–Trinajstić information content (AvgIpc) is 1.89. The maximum Gasteiger partial charge on any atom is 0.0173 e. The predicted octanol–water partition coefficient (Wildman–Crippen LogP) is 2.11. The second-order valence-corrected chi connectivity index (χ2v) is 2.83. The van der Waals surface area contributed by atoms with Gasteiger partial charge in [0.15, 0.2) is 0 Å². The summed E-state index contributed by atoms with van der Waals surface area (Å²) in [6, 6.07) is 0. The van der Waals surface area contributed by atoms with E-state index in [-0.39, 0.29) is 0 Å². The molecule has 1 nitrogen and oxygen atoms in total. The van der Waals surface area contributed by atoms with E-state index < -0.39 is 0 Å². The summed E-state index contributed by atoms with van der Waals surface area (Å²) >= 11 is 8.72. The molecule has 0 atom stereocenters. The minimum atomic E-state index is 0.884. The molecule has 0 aliphatic rings. The third-order valence-electron chi connectivity index (χ3n) is 0.861. The highest BCUT2D eigenvalue weighted by molar-refractivity contribution is 9.09. The van der Waals surface area contributed by atoms with Crippen LogP contribution in [0.2, 0.25) is 0 Å². The molecule has 0 unspecified atom stereocenters. The molecule has 1 N–H and O–H groups in total. The minimum absolute atomic E-state index is 0.884. The Morgan fingerprint density at radius 2 is 2.44 bits per heavy atom. The second-order valence-electron chi connectivity index (χ2n) is 1.82. The highest BCUT2D eigenvalue weighted by Crippen LogP contribution is 1.91. The first-order chi connectivity index (χ1) is 4.31. The van der Waals surface area contributed by atoms with Crippen molar-refractivity contribution in [2.75, 3.05) is 18.4 Å². The molecule has 0 aromatic heterocycles. The topological polar surface area (TPSA) is 12.0 Å². The van der Waals surface area contributed by atoms with E-state index in [1.54, 1.807) is 5.54 Å². The molecule has 0 bridgehead atoms. The summed E-state index contributed by atoms with van der Waals surface area (Å²) in [5, 5.41) is 4.17. The fourth-order valence-electron chi connectivity index (χ4n) is 0.391. The SMILES string of the molecule is CC(=CCl)CNCCBr. The van der Waals surface area contributed by atoms with Gasteiger partial charge in [-0.25, -0.2) is 0 Å². The fourth-order valence-corrected chi connectivity index (χ4v) is 0.748.